The molecule has 0 spiro atoms. The second kappa shape index (κ2) is 7.32. The lowest BCUT2D eigenvalue weighted by Crippen LogP contribution is -2.31. The average Bonchev–Trinajstić information content (AvgIpc) is 3.29. The fraction of sp³-hybridized carbons (Fsp3) is 0.200. The number of hydrogen-bond donors (Lipinski definition) is 0. The van der Waals surface area contributed by atoms with Crippen molar-refractivity contribution in [2.24, 2.45) is 7.05 Å². The lowest BCUT2D eigenvalue weighted by Gasteiger charge is -2.23. The van der Waals surface area contributed by atoms with Gasteiger partial charge in [-0.3, -0.25) is 4.79 Å². The lowest BCUT2D eigenvalue weighted by molar-refractivity contribution is 0.0724. The Hall–Kier alpha value is -2.99. The van der Waals surface area contributed by atoms with Crippen LogP contribution in [0.3, 0.4) is 0 Å². The topological polar surface area (TPSA) is 56.6 Å². The molecular weight excluding hydrogens is 366 g/mol. The molecule has 2 heterocycles. The van der Waals surface area contributed by atoms with Crippen LogP contribution in [-0.4, -0.2) is 27.2 Å². The molecule has 0 bridgehead atoms. The Morgan fingerprint density at radius 2 is 2.00 bits per heavy atom. The van der Waals surface area contributed by atoms with E-state index in [1.807, 2.05) is 36.0 Å². The molecule has 1 aromatic heterocycles. The van der Waals surface area contributed by atoms with Gasteiger partial charge in [-0.25, -0.2) is 4.98 Å². The molecule has 0 saturated carbocycles. The summed E-state index contributed by atoms with van der Waals surface area (Å²) in [7, 11) is 1.90. The van der Waals surface area contributed by atoms with Gasteiger partial charge in [0.1, 0.15) is 5.82 Å². The Kier molecular flexibility index (Phi) is 4.73. The largest absolute Gasteiger partial charge is 0.454 e. The second-order valence-electron chi connectivity index (χ2n) is 6.28. The minimum Gasteiger partial charge on any atom is -0.454 e. The summed E-state index contributed by atoms with van der Waals surface area (Å²) < 4.78 is 12.7. The maximum Gasteiger partial charge on any atom is 0.256 e. The number of carbonyl (C=O) groups excluding carboxylic acids is 1. The van der Waals surface area contributed by atoms with Gasteiger partial charge in [-0.05, 0) is 29.8 Å². The van der Waals surface area contributed by atoms with Crippen molar-refractivity contribution in [2.45, 2.75) is 13.1 Å². The molecule has 7 heteroatoms. The summed E-state index contributed by atoms with van der Waals surface area (Å²) in [6, 6.07) is 12.7. The number of benzene rings is 2. The summed E-state index contributed by atoms with van der Waals surface area (Å²) in [5.74, 6) is 2.04. The van der Waals surface area contributed by atoms with Gasteiger partial charge in [0.2, 0.25) is 6.79 Å². The third-order valence-corrected chi connectivity index (χ3v) is 4.78. The zero-order valence-corrected chi connectivity index (χ0v) is 15.5. The van der Waals surface area contributed by atoms with E-state index < -0.39 is 0 Å². The maximum atomic E-state index is 13.2. The van der Waals surface area contributed by atoms with Crippen molar-refractivity contribution in [3.63, 3.8) is 0 Å². The number of amides is 1. The molecule has 6 nitrogen and oxygen atoms in total. The molecular formula is C20H18ClN3O3. The Labute approximate surface area is 161 Å². The first-order chi connectivity index (χ1) is 13.1. The number of ether oxygens (including phenoxy) is 2. The third kappa shape index (κ3) is 3.61. The van der Waals surface area contributed by atoms with Gasteiger partial charge in [-0.15, -0.1) is 0 Å². The first-order valence-corrected chi connectivity index (χ1v) is 8.88. The van der Waals surface area contributed by atoms with Crippen molar-refractivity contribution in [3.8, 4) is 11.5 Å². The Balaban J connectivity index is 1.64. The van der Waals surface area contributed by atoms with E-state index in [0.717, 1.165) is 11.4 Å². The van der Waals surface area contributed by atoms with E-state index in [9.17, 15) is 4.79 Å². The highest BCUT2D eigenvalue weighted by Gasteiger charge is 2.22. The van der Waals surface area contributed by atoms with E-state index in [-0.39, 0.29) is 12.7 Å². The van der Waals surface area contributed by atoms with Crippen LogP contribution in [-0.2, 0) is 20.1 Å². The maximum absolute atomic E-state index is 13.2. The first kappa shape index (κ1) is 17.4. The lowest BCUT2D eigenvalue weighted by atomic mass is 10.1. The summed E-state index contributed by atoms with van der Waals surface area (Å²) in [5.41, 5.74) is 1.41. The predicted octanol–water partition coefficient (Wildman–Crippen LogP) is 3.64. The molecule has 4 rings (SSSR count). The van der Waals surface area contributed by atoms with Crippen LogP contribution in [0.25, 0.3) is 0 Å². The van der Waals surface area contributed by atoms with Crippen molar-refractivity contribution in [1.29, 1.82) is 0 Å². The SMILES string of the molecule is Cn1ccnc1CN(Cc1ccc2c(c1)OCO2)C(=O)c1ccccc1Cl. The number of fused-ring (bicyclic) bond motifs is 1. The Morgan fingerprint density at radius 3 is 2.78 bits per heavy atom. The van der Waals surface area contributed by atoms with E-state index in [2.05, 4.69) is 4.98 Å². The van der Waals surface area contributed by atoms with Gasteiger partial charge in [0.05, 0.1) is 17.1 Å². The molecule has 1 amide bonds. The summed E-state index contributed by atoms with van der Waals surface area (Å²) in [6.07, 6.45) is 3.57. The van der Waals surface area contributed by atoms with Crippen LogP contribution in [0.1, 0.15) is 21.7 Å². The number of rotatable bonds is 5. The van der Waals surface area contributed by atoms with E-state index in [1.54, 1.807) is 35.4 Å². The summed E-state index contributed by atoms with van der Waals surface area (Å²) in [5, 5.41) is 0.429. The van der Waals surface area contributed by atoms with Crippen LogP contribution < -0.4 is 9.47 Å². The van der Waals surface area contributed by atoms with Crippen molar-refractivity contribution < 1.29 is 14.3 Å². The van der Waals surface area contributed by atoms with Crippen LogP contribution in [0.15, 0.2) is 54.9 Å². The fourth-order valence-electron chi connectivity index (χ4n) is 2.98. The fourth-order valence-corrected chi connectivity index (χ4v) is 3.20. The van der Waals surface area contributed by atoms with E-state index in [1.165, 1.54) is 0 Å². The summed E-state index contributed by atoms with van der Waals surface area (Å²) in [6.45, 7) is 0.976. The van der Waals surface area contributed by atoms with Gasteiger partial charge < -0.3 is 18.9 Å². The molecule has 1 aliphatic rings. The highest BCUT2D eigenvalue weighted by molar-refractivity contribution is 6.33. The molecule has 27 heavy (non-hydrogen) atoms. The number of carbonyl (C=O) groups is 1. The second-order valence-corrected chi connectivity index (χ2v) is 6.69. The minimum atomic E-state index is -0.152. The van der Waals surface area contributed by atoms with Crippen molar-refractivity contribution in [2.75, 3.05) is 6.79 Å². The number of aryl methyl sites for hydroxylation is 1. The highest BCUT2D eigenvalue weighted by atomic mass is 35.5. The molecule has 0 radical (unpaired) electrons. The van der Waals surface area contributed by atoms with Crippen LogP contribution in [0, 0.1) is 0 Å². The summed E-state index contributed by atoms with van der Waals surface area (Å²) >= 11 is 6.25. The number of nitrogens with zero attached hydrogens (tertiary/aromatic N) is 3. The van der Waals surface area contributed by atoms with Gasteiger partial charge in [0, 0.05) is 26.0 Å². The van der Waals surface area contributed by atoms with Gasteiger partial charge >= 0.3 is 0 Å². The van der Waals surface area contributed by atoms with Crippen LogP contribution >= 0.6 is 11.6 Å². The first-order valence-electron chi connectivity index (χ1n) is 8.50. The average molecular weight is 384 g/mol. The molecule has 0 aliphatic carbocycles. The monoisotopic (exact) mass is 383 g/mol. The van der Waals surface area contributed by atoms with E-state index in [0.29, 0.717) is 35.2 Å². The number of imidazole rings is 1. The highest BCUT2D eigenvalue weighted by Crippen LogP contribution is 2.33. The molecule has 1 aliphatic heterocycles. The van der Waals surface area contributed by atoms with E-state index >= 15 is 0 Å². The smallest absolute Gasteiger partial charge is 0.256 e. The number of halogens is 1. The molecule has 0 fully saturated rings. The van der Waals surface area contributed by atoms with Gasteiger partial charge in [-0.1, -0.05) is 29.8 Å². The molecule has 0 atom stereocenters. The molecule has 0 N–H and O–H groups in total. The van der Waals surface area contributed by atoms with Gasteiger partial charge in [0.15, 0.2) is 11.5 Å². The number of hydrogen-bond acceptors (Lipinski definition) is 4. The molecule has 3 aromatic rings. The molecule has 2 aromatic carbocycles. The number of aromatic nitrogens is 2. The van der Waals surface area contributed by atoms with Crippen LogP contribution in [0.2, 0.25) is 5.02 Å². The standard InChI is InChI=1S/C20H18ClN3O3/c1-23-9-8-22-19(23)12-24(20(25)15-4-2-3-5-16(15)21)11-14-6-7-17-18(10-14)27-13-26-17/h2-10H,11-13H2,1H3. The van der Waals surface area contributed by atoms with Crippen LogP contribution in [0.5, 0.6) is 11.5 Å². The zero-order valence-electron chi connectivity index (χ0n) is 14.8. The van der Waals surface area contributed by atoms with Crippen molar-refractivity contribution in [1.82, 2.24) is 14.5 Å². The van der Waals surface area contributed by atoms with Crippen molar-refractivity contribution >= 4 is 17.5 Å². The summed E-state index contributed by atoms with van der Waals surface area (Å²) in [4.78, 5) is 19.3. The minimum absolute atomic E-state index is 0.152. The third-order valence-electron chi connectivity index (χ3n) is 4.46. The van der Waals surface area contributed by atoms with Gasteiger partial charge in [0.25, 0.3) is 5.91 Å². The normalized spacial score (nSPS) is 12.2. The Morgan fingerprint density at radius 1 is 1.19 bits per heavy atom. The molecule has 0 saturated heterocycles. The molecule has 138 valence electrons. The quantitative estimate of drug-likeness (QED) is 0.675. The van der Waals surface area contributed by atoms with Crippen molar-refractivity contribution in [3.05, 3.63) is 76.8 Å². The van der Waals surface area contributed by atoms with Crippen LogP contribution in [0.4, 0.5) is 0 Å². The Bertz CT molecular complexity index is 986. The van der Waals surface area contributed by atoms with Gasteiger partial charge in [-0.2, -0.15) is 0 Å². The zero-order chi connectivity index (χ0) is 18.8. The van der Waals surface area contributed by atoms with E-state index in [4.69, 9.17) is 21.1 Å². The molecule has 0 unspecified atom stereocenters. The predicted molar refractivity (Wildman–Crippen MR) is 101 cm³/mol.